The van der Waals surface area contributed by atoms with Crippen molar-refractivity contribution in [1.82, 2.24) is 0 Å². The summed E-state index contributed by atoms with van der Waals surface area (Å²) in [6.45, 7) is 1.98. The van der Waals surface area contributed by atoms with E-state index < -0.39 is 17.9 Å². The van der Waals surface area contributed by atoms with E-state index in [0.717, 1.165) is 11.1 Å². The van der Waals surface area contributed by atoms with Crippen LogP contribution in [0.2, 0.25) is 0 Å². The van der Waals surface area contributed by atoms with Crippen LogP contribution in [0.1, 0.15) is 30.0 Å². The van der Waals surface area contributed by atoms with E-state index in [9.17, 15) is 14.7 Å². The quantitative estimate of drug-likeness (QED) is 0.925. The molecule has 25 heavy (non-hydrogen) atoms. The Morgan fingerprint density at radius 3 is 2.32 bits per heavy atom. The number of carbonyl (C=O) groups is 2. The topological polar surface area (TPSA) is 66.8 Å². The van der Waals surface area contributed by atoms with Crippen molar-refractivity contribution >= 4 is 17.6 Å². The fourth-order valence-electron chi connectivity index (χ4n) is 3.34. The summed E-state index contributed by atoms with van der Waals surface area (Å²) < 4.78 is 5.17. The molecule has 0 aliphatic carbocycles. The summed E-state index contributed by atoms with van der Waals surface area (Å²) in [7, 11) is 1.58. The molecule has 2 aromatic carbocycles. The molecule has 1 aliphatic heterocycles. The number of anilines is 1. The molecule has 0 radical (unpaired) electrons. The molecule has 1 saturated heterocycles. The number of carbonyl (C=O) groups excluding carboxylic acids is 1. The molecule has 5 heteroatoms. The van der Waals surface area contributed by atoms with Crippen LogP contribution in [0.3, 0.4) is 0 Å². The molecule has 1 aliphatic rings. The van der Waals surface area contributed by atoms with Crippen molar-refractivity contribution in [2.75, 3.05) is 12.0 Å². The van der Waals surface area contributed by atoms with Crippen molar-refractivity contribution in [3.8, 4) is 5.75 Å². The number of carboxylic acid groups (broad SMARTS) is 1. The van der Waals surface area contributed by atoms with Crippen molar-refractivity contribution in [2.24, 2.45) is 5.92 Å². The SMILES string of the molecule is COc1ccc(N2C(=O)CCC(C(=O)O)C2c2ccc(C)cc2)cc1. The zero-order valence-corrected chi connectivity index (χ0v) is 14.3. The first-order valence-electron chi connectivity index (χ1n) is 8.26. The molecule has 3 rings (SSSR count). The van der Waals surface area contributed by atoms with Crippen LogP contribution in [0.5, 0.6) is 5.75 Å². The highest BCUT2D eigenvalue weighted by Crippen LogP contribution is 2.40. The maximum Gasteiger partial charge on any atom is 0.308 e. The third-order valence-electron chi connectivity index (χ3n) is 4.68. The van der Waals surface area contributed by atoms with Gasteiger partial charge in [0.1, 0.15) is 5.75 Å². The fourth-order valence-corrected chi connectivity index (χ4v) is 3.34. The standard InChI is InChI=1S/C20H21NO4/c1-13-3-5-14(6-4-13)19-17(20(23)24)11-12-18(22)21(19)15-7-9-16(25-2)10-8-15/h3-10,17,19H,11-12H2,1-2H3,(H,23,24). The summed E-state index contributed by atoms with van der Waals surface area (Å²) >= 11 is 0. The molecule has 0 saturated carbocycles. The van der Waals surface area contributed by atoms with E-state index in [1.54, 1.807) is 36.3 Å². The number of aliphatic carboxylic acids is 1. The van der Waals surface area contributed by atoms with Crippen LogP contribution in [0.25, 0.3) is 0 Å². The molecule has 2 aromatic rings. The molecule has 0 spiro atoms. The highest BCUT2D eigenvalue weighted by Gasteiger charge is 2.41. The molecule has 1 amide bonds. The number of carboxylic acids is 1. The summed E-state index contributed by atoms with van der Waals surface area (Å²) in [5, 5.41) is 9.70. The first-order chi connectivity index (χ1) is 12.0. The summed E-state index contributed by atoms with van der Waals surface area (Å²) in [5.41, 5.74) is 2.61. The Hall–Kier alpha value is -2.82. The van der Waals surface area contributed by atoms with E-state index in [-0.39, 0.29) is 12.3 Å². The number of amides is 1. The van der Waals surface area contributed by atoms with Gasteiger partial charge in [0, 0.05) is 12.1 Å². The van der Waals surface area contributed by atoms with Gasteiger partial charge in [0.05, 0.1) is 19.1 Å². The third-order valence-corrected chi connectivity index (χ3v) is 4.68. The van der Waals surface area contributed by atoms with Gasteiger partial charge in [0.15, 0.2) is 0 Å². The van der Waals surface area contributed by atoms with Crippen LogP contribution < -0.4 is 9.64 Å². The lowest BCUT2D eigenvalue weighted by Gasteiger charge is -2.40. The normalized spacial score (nSPS) is 20.4. The van der Waals surface area contributed by atoms with E-state index in [0.29, 0.717) is 17.9 Å². The molecule has 2 unspecified atom stereocenters. The van der Waals surface area contributed by atoms with Crippen molar-refractivity contribution in [3.05, 3.63) is 59.7 Å². The Morgan fingerprint density at radius 1 is 1.12 bits per heavy atom. The Morgan fingerprint density at radius 2 is 1.76 bits per heavy atom. The number of benzene rings is 2. The van der Waals surface area contributed by atoms with Gasteiger partial charge in [-0.25, -0.2) is 0 Å². The highest BCUT2D eigenvalue weighted by atomic mass is 16.5. The Labute approximate surface area is 146 Å². The number of rotatable bonds is 4. The van der Waals surface area contributed by atoms with Crippen LogP contribution in [0.15, 0.2) is 48.5 Å². The lowest BCUT2D eigenvalue weighted by molar-refractivity contribution is -0.144. The number of methoxy groups -OCH3 is 1. The second-order valence-corrected chi connectivity index (χ2v) is 6.30. The molecular formula is C20H21NO4. The summed E-state index contributed by atoms with van der Waals surface area (Å²) in [5.74, 6) is -0.887. The minimum Gasteiger partial charge on any atom is -0.497 e. The van der Waals surface area contributed by atoms with Crippen molar-refractivity contribution in [2.45, 2.75) is 25.8 Å². The van der Waals surface area contributed by atoms with Crippen molar-refractivity contribution in [3.63, 3.8) is 0 Å². The van der Waals surface area contributed by atoms with Crippen LogP contribution in [-0.4, -0.2) is 24.1 Å². The van der Waals surface area contributed by atoms with Crippen LogP contribution in [0.4, 0.5) is 5.69 Å². The van der Waals surface area contributed by atoms with Gasteiger partial charge in [0.25, 0.3) is 0 Å². The molecule has 0 bridgehead atoms. The molecule has 0 aromatic heterocycles. The van der Waals surface area contributed by atoms with Crippen molar-refractivity contribution < 1.29 is 19.4 Å². The van der Waals surface area contributed by atoms with E-state index in [1.807, 2.05) is 31.2 Å². The zero-order chi connectivity index (χ0) is 18.0. The minimum atomic E-state index is -0.878. The first kappa shape index (κ1) is 17.0. The Balaban J connectivity index is 2.07. The molecule has 2 atom stereocenters. The van der Waals surface area contributed by atoms with E-state index >= 15 is 0 Å². The maximum absolute atomic E-state index is 12.7. The van der Waals surface area contributed by atoms with Gasteiger partial charge in [-0.15, -0.1) is 0 Å². The lowest BCUT2D eigenvalue weighted by atomic mass is 9.83. The van der Waals surface area contributed by atoms with Gasteiger partial charge < -0.3 is 14.7 Å². The lowest BCUT2D eigenvalue weighted by Crippen LogP contribution is -2.45. The van der Waals surface area contributed by atoms with Crippen molar-refractivity contribution in [1.29, 1.82) is 0 Å². The second kappa shape index (κ2) is 6.97. The van der Waals surface area contributed by atoms with Gasteiger partial charge in [-0.3, -0.25) is 9.59 Å². The van der Waals surface area contributed by atoms with E-state index in [1.165, 1.54) is 0 Å². The van der Waals surface area contributed by atoms with E-state index in [2.05, 4.69) is 0 Å². The van der Waals surface area contributed by atoms with Gasteiger partial charge in [-0.2, -0.15) is 0 Å². The summed E-state index contributed by atoms with van der Waals surface area (Å²) in [6, 6.07) is 14.3. The Bertz CT molecular complexity index is 767. The molecule has 130 valence electrons. The highest BCUT2D eigenvalue weighted by molar-refractivity contribution is 5.96. The number of hydrogen-bond acceptors (Lipinski definition) is 3. The number of aryl methyl sites for hydroxylation is 1. The van der Waals surface area contributed by atoms with Crippen LogP contribution in [-0.2, 0) is 9.59 Å². The monoisotopic (exact) mass is 339 g/mol. The first-order valence-corrected chi connectivity index (χ1v) is 8.26. The minimum absolute atomic E-state index is 0.0618. The van der Waals surface area contributed by atoms with Gasteiger partial charge in [-0.05, 0) is 43.2 Å². The molecular weight excluding hydrogens is 318 g/mol. The van der Waals surface area contributed by atoms with E-state index in [4.69, 9.17) is 4.74 Å². The molecule has 5 nitrogen and oxygen atoms in total. The van der Waals surface area contributed by atoms with Gasteiger partial charge in [-0.1, -0.05) is 29.8 Å². The number of piperidine rings is 1. The molecule has 1 N–H and O–H groups in total. The largest absolute Gasteiger partial charge is 0.497 e. The summed E-state index contributed by atoms with van der Waals surface area (Å²) in [6.07, 6.45) is 0.574. The fraction of sp³-hybridized carbons (Fsp3) is 0.300. The number of ether oxygens (including phenoxy) is 1. The smallest absolute Gasteiger partial charge is 0.308 e. The van der Waals surface area contributed by atoms with Gasteiger partial charge >= 0.3 is 5.97 Å². The van der Waals surface area contributed by atoms with Crippen LogP contribution in [0, 0.1) is 12.8 Å². The predicted molar refractivity (Wildman–Crippen MR) is 94.8 cm³/mol. The third kappa shape index (κ3) is 3.36. The second-order valence-electron chi connectivity index (χ2n) is 6.30. The van der Waals surface area contributed by atoms with Gasteiger partial charge in [0.2, 0.25) is 5.91 Å². The maximum atomic E-state index is 12.7. The van der Waals surface area contributed by atoms with Crippen LogP contribution >= 0.6 is 0 Å². The Kier molecular flexibility index (Phi) is 4.74. The number of hydrogen-bond donors (Lipinski definition) is 1. The molecule has 1 heterocycles. The summed E-state index contributed by atoms with van der Waals surface area (Å²) in [4.78, 5) is 26.1. The number of nitrogens with zero attached hydrogens (tertiary/aromatic N) is 1. The average Bonchev–Trinajstić information content (AvgIpc) is 2.62. The molecule has 1 fully saturated rings. The zero-order valence-electron chi connectivity index (χ0n) is 14.3. The predicted octanol–water partition coefficient (Wildman–Crippen LogP) is 3.57. The average molecular weight is 339 g/mol.